The number of hydrogen-bond donors (Lipinski definition) is 3. The number of carbonyl (C=O) groups is 2. The Balaban J connectivity index is 1.67. The summed E-state index contributed by atoms with van der Waals surface area (Å²) in [6.07, 6.45) is 2.91. The molecule has 1 amide bonds. The third kappa shape index (κ3) is 2.98. The second kappa shape index (κ2) is 6.46. The maximum Gasteiger partial charge on any atom is 0.326 e. The van der Waals surface area contributed by atoms with Crippen LogP contribution in [0.15, 0.2) is 30.3 Å². The zero-order chi connectivity index (χ0) is 15.5. The number of nitrogens with one attached hydrogen (secondary N) is 2. The van der Waals surface area contributed by atoms with Crippen LogP contribution in [-0.2, 0) is 9.59 Å². The number of hydrazine groups is 1. The predicted molar refractivity (Wildman–Crippen MR) is 80.8 cm³/mol. The van der Waals surface area contributed by atoms with Crippen LogP contribution in [0.25, 0.3) is 0 Å². The molecule has 1 aromatic carbocycles. The van der Waals surface area contributed by atoms with Crippen LogP contribution in [0, 0.1) is 0 Å². The number of nitrogens with zero attached hydrogens (tertiary/aromatic N) is 1. The molecule has 3 rings (SSSR count). The van der Waals surface area contributed by atoms with Gasteiger partial charge in [0, 0.05) is 12.6 Å². The van der Waals surface area contributed by atoms with Gasteiger partial charge in [-0.3, -0.25) is 4.79 Å². The summed E-state index contributed by atoms with van der Waals surface area (Å²) < 4.78 is 0. The van der Waals surface area contributed by atoms with Crippen LogP contribution in [0.3, 0.4) is 0 Å². The van der Waals surface area contributed by atoms with Crippen LogP contribution >= 0.6 is 0 Å². The van der Waals surface area contributed by atoms with Crippen LogP contribution in [0.2, 0.25) is 0 Å². The largest absolute Gasteiger partial charge is 0.480 e. The van der Waals surface area contributed by atoms with Crippen molar-refractivity contribution in [1.82, 2.24) is 15.8 Å². The lowest BCUT2D eigenvalue weighted by Crippen LogP contribution is -2.54. The first kappa shape index (κ1) is 15.0. The number of amides is 1. The van der Waals surface area contributed by atoms with Crippen molar-refractivity contribution in [3.05, 3.63) is 35.9 Å². The van der Waals surface area contributed by atoms with Gasteiger partial charge in [-0.15, -0.1) is 0 Å². The van der Waals surface area contributed by atoms with E-state index in [4.69, 9.17) is 0 Å². The molecular weight excluding hydrogens is 282 g/mol. The van der Waals surface area contributed by atoms with Crippen LogP contribution in [0.5, 0.6) is 0 Å². The minimum Gasteiger partial charge on any atom is -0.480 e. The maximum atomic E-state index is 12.7. The van der Waals surface area contributed by atoms with Crippen LogP contribution in [0.1, 0.15) is 37.3 Å². The highest BCUT2D eigenvalue weighted by molar-refractivity contribution is 5.87. The third-order valence-electron chi connectivity index (χ3n) is 4.47. The molecule has 6 nitrogen and oxygen atoms in total. The fourth-order valence-electron chi connectivity index (χ4n) is 3.27. The summed E-state index contributed by atoms with van der Waals surface area (Å²) in [6, 6.07) is 8.96. The lowest BCUT2D eigenvalue weighted by atomic mass is 9.98. The van der Waals surface area contributed by atoms with Crippen molar-refractivity contribution in [2.75, 3.05) is 6.54 Å². The number of carbonyl (C=O) groups excluding carboxylic acids is 1. The van der Waals surface area contributed by atoms with E-state index >= 15 is 0 Å². The summed E-state index contributed by atoms with van der Waals surface area (Å²) in [5, 5.41) is 9.30. The number of likely N-dealkylation sites (tertiary alicyclic amines) is 1. The molecular formula is C16H21N3O3. The molecule has 2 aliphatic rings. The van der Waals surface area contributed by atoms with E-state index < -0.39 is 12.0 Å². The molecule has 0 radical (unpaired) electrons. The molecule has 0 aromatic heterocycles. The molecule has 3 N–H and O–H groups in total. The Morgan fingerprint density at radius 3 is 2.64 bits per heavy atom. The Kier molecular flexibility index (Phi) is 4.40. The number of hydrogen-bond acceptors (Lipinski definition) is 4. The molecule has 118 valence electrons. The van der Waals surface area contributed by atoms with Crippen molar-refractivity contribution in [3.63, 3.8) is 0 Å². The average Bonchev–Trinajstić information content (AvgIpc) is 3.05. The minimum atomic E-state index is -0.904. The first-order valence-corrected chi connectivity index (χ1v) is 7.76. The summed E-state index contributed by atoms with van der Waals surface area (Å²) in [4.78, 5) is 25.5. The number of carboxylic acid groups (broad SMARTS) is 1. The van der Waals surface area contributed by atoms with Crippen molar-refractivity contribution in [2.24, 2.45) is 0 Å². The molecule has 0 spiro atoms. The SMILES string of the molecule is O=C(O)[C@H]1CCCCN1C(=O)C1CC(c2ccccc2)NN1. The van der Waals surface area contributed by atoms with E-state index in [-0.39, 0.29) is 18.0 Å². The standard InChI is InChI=1S/C16H21N3O3/c20-15(19-9-5-4-8-14(19)16(21)22)13-10-12(17-18-13)11-6-2-1-3-7-11/h1-3,6-7,12-14,17-18H,4-5,8-10H2,(H,21,22)/t12?,13?,14-/m1/s1. The molecule has 1 aromatic rings. The number of carboxylic acids is 1. The normalized spacial score (nSPS) is 28.5. The van der Waals surface area contributed by atoms with Crippen LogP contribution < -0.4 is 10.9 Å². The molecule has 2 fully saturated rings. The molecule has 0 saturated carbocycles. The molecule has 3 atom stereocenters. The maximum absolute atomic E-state index is 12.7. The molecule has 6 heteroatoms. The van der Waals surface area contributed by atoms with Crippen molar-refractivity contribution >= 4 is 11.9 Å². The lowest BCUT2D eigenvalue weighted by Gasteiger charge is -2.34. The highest BCUT2D eigenvalue weighted by Crippen LogP contribution is 2.25. The van der Waals surface area contributed by atoms with Crippen LogP contribution in [-0.4, -0.2) is 40.5 Å². The number of benzene rings is 1. The predicted octanol–water partition coefficient (Wildman–Crippen LogP) is 1.06. The fraction of sp³-hybridized carbons (Fsp3) is 0.500. The Labute approximate surface area is 129 Å². The molecule has 0 aliphatic carbocycles. The Bertz CT molecular complexity index is 549. The summed E-state index contributed by atoms with van der Waals surface area (Å²) in [6.45, 7) is 0.532. The van der Waals surface area contributed by atoms with Crippen molar-refractivity contribution < 1.29 is 14.7 Å². The van der Waals surface area contributed by atoms with Gasteiger partial charge in [0.2, 0.25) is 5.91 Å². The molecule has 2 aliphatic heterocycles. The van der Waals surface area contributed by atoms with Gasteiger partial charge < -0.3 is 10.0 Å². The van der Waals surface area contributed by atoms with Gasteiger partial charge >= 0.3 is 5.97 Å². The van der Waals surface area contributed by atoms with E-state index in [0.29, 0.717) is 19.4 Å². The first-order valence-electron chi connectivity index (χ1n) is 7.76. The van der Waals surface area contributed by atoms with E-state index in [1.54, 1.807) is 0 Å². The number of rotatable bonds is 3. The van der Waals surface area contributed by atoms with E-state index in [9.17, 15) is 14.7 Å². The highest BCUT2D eigenvalue weighted by Gasteiger charge is 2.38. The fourth-order valence-corrected chi connectivity index (χ4v) is 3.27. The van der Waals surface area contributed by atoms with E-state index in [0.717, 1.165) is 18.4 Å². The Hall–Kier alpha value is -1.92. The molecule has 2 unspecified atom stereocenters. The second-order valence-electron chi connectivity index (χ2n) is 5.92. The Morgan fingerprint density at radius 1 is 1.14 bits per heavy atom. The van der Waals surface area contributed by atoms with Crippen molar-refractivity contribution in [1.29, 1.82) is 0 Å². The quantitative estimate of drug-likeness (QED) is 0.778. The zero-order valence-corrected chi connectivity index (χ0v) is 12.4. The summed E-state index contributed by atoms with van der Waals surface area (Å²) in [5.74, 6) is -1.02. The molecule has 22 heavy (non-hydrogen) atoms. The minimum absolute atomic E-state index is 0.0724. The lowest BCUT2D eigenvalue weighted by molar-refractivity contribution is -0.152. The topological polar surface area (TPSA) is 81.7 Å². The third-order valence-corrected chi connectivity index (χ3v) is 4.47. The second-order valence-corrected chi connectivity index (χ2v) is 5.92. The molecule has 0 bridgehead atoms. The summed E-state index contributed by atoms with van der Waals surface area (Å²) in [5.41, 5.74) is 7.29. The van der Waals surface area contributed by atoms with Crippen molar-refractivity contribution in [3.8, 4) is 0 Å². The Morgan fingerprint density at radius 2 is 1.91 bits per heavy atom. The van der Waals surface area contributed by atoms with E-state index in [2.05, 4.69) is 10.9 Å². The van der Waals surface area contributed by atoms with Crippen molar-refractivity contribution in [2.45, 2.75) is 43.8 Å². The van der Waals surface area contributed by atoms with Gasteiger partial charge in [0.25, 0.3) is 0 Å². The van der Waals surface area contributed by atoms with E-state index in [1.807, 2.05) is 30.3 Å². The average molecular weight is 303 g/mol. The van der Waals surface area contributed by atoms with Gasteiger partial charge in [-0.25, -0.2) is 15.6 Å². The van der Waals surface area contributed by atoms with Gasteiger partial charge in [-0.1, -0.05) is 30.3 Å². The molecule has 2 saturated heterocycles. The van der Waals surface area contributed by atoms with Gasteiger partial charge in [0.15, 0.2) is 0 Å². The highest BCUT2D eigenvalue weighted by atomic mass is 16.4. The molecule has 2 heterocycles. The number of aliphatic carboxylic acids is 1. The van der Waals surface area contributed by atoms with Gasteiger partial charge in [0.05, 0.1) is 0 Å². The smallest absolute Gasteiger partial charge is 0.326 e. The van der Waals surface area contributed by atoms with Gasteiger partial charge in [0.1, 0.15) is 12.1 Å². The zero-order valence-electron chi connectivity index (χ0n) is 12.4. The van der Waals surface area contributed by atoms with Gasteiger partial charge in [-0.2, -0.15) is 0 Å². The summed E-state index contributed by atoms with van der Waals surface area (Å²) in [7, 11) is 0. The number of piperidine rings is 1. The monoisotopic (exact) mass is 303 g/mol. The van der Waals surface area contributed by atoms with Crippen LogP contribution in [0.4, 0.5) is 0 Å². The first-order chi connectivity index (χ1) is 10.7. The summed E-state index contributed by atoms with van der Waals surface area (Å²) >= 11 is 0. The van der Waals surface area contributed by atoms with Gasteiger partial charge in [-0.05, 0) is 31.2 Å². The van der Waals surface area contributed by atoms with E-state index in [1.165, 1.54) is 4.90 Å².